The van der Waals surface area contributed by atoms with Crippen LogP contribution in [0.1, 0.15) is 42.7 Å². The topological polar surface area (TPSA) is 94.6 Å². The Morgan fingerprint density at radius 2 is 1.97 bits per heavy atom. The fourth-order valence-corrected chi connectivity index (χ4v) is 4.87. The van der Waals surface area contributed by atoms with Crippen molar-refractivity contribution in [1.82, 2.24) is 20.2 Å². The van der Waals surface area contributed by atoms with Gasteiger partial charge in [0, 0.05) is 70.0 Å². The minimum absolute atomic E-state index is 0.0473. The van der Waals surface area contributed by atoms with Gasteiger partial charge in [0.25, 0.3) is 0 Å². The van der Waals surface area contributed by atoms with Gasteiger partial charge in [0.15, 0.2) is 0 Å². The largest absolute Gasteiger partial charge is 0.421 e. The molecule has 206 valence electrons. The summed E-state index contributed by atoms with van der Waals surface area (Å²) >= 11 is 0. The van der Waals surface area contributed by atoms with E-state index < -0.39 is 11.7 Å². The van der Waals surface area contributed by atoms with E-state index in [0.717, 1.165) is 68.6 Å². The number of piperazine rings is 1. The number of hydrogen-bond acceptors (Lipinski definition) is 8. The molecule has 1 aromatic heterocycles. The minimum atomic E-state index is -4.59. The Balaban J connectivity index is 1.28. The second-order valence-electron chi connectivity index (χ2n) is 9.93. The van der Waals surface area contributed by atoms with Crippen molar-refractivity contribution in [2.24, 2.45) is 0 Å². The molecule has 9 nitrogen and oxygen atoms in total. The monoisotopic (exact) mass is 533 g/mol. The molecule has 12 heteroatoms. The van der Waals surface area contributed by atoms with Gasteiger partial charge in [0.2, 0.25) is 11.9 Å². The molecular formula is C26H34F3N7O2. The highest BCUT2D eigenvalue weighted by Gasteiger charge is 2.35. The van der Waals surface area contributed by atoms with Gasteiger partial charge in [-0.15, -0.1) is 0 Å². The molecule has 38 heavy (non-hydrogen) atoms. The molecule has 2 saturated heterocycles. The molecule has 0 spiro atoms. The van der Waals surface area contributed by atoms with E-state index in [2.05, 4.69) is 36.9 Å². The fraction of sp³-hybridized carbons (Fsp3) is 0.577. The van der Waals surface area contributed by atoms with Crippen LogP contribution in [0.4, 0.5) is 36.3 Å². The average molecular weight is 534 g/mol. The molecule has 1 amide bonds. The highest BCUT2D eigenvalue weighted by atomic mass is 19.4. The summed E-state index contributed by atoms with van der Waals surface area (Å²) < 4.78 is 46.3. The van der Waals surface area contributed by atoms with E-state index in [1.165, 1.54) is 0 Å². The van der Waals surface area contributed by atoms with Gasteiger partial charge in [0.1, 0.15) is 18.0 Å². The molecule has 3 fully saturated rings. The lowest BCUT2D eigenvalue weighted by molar-refractivity contribution is -0.137. The van der Waals surface area contributed by atoms with Gasteiger partial charge in [-0.05, 0) is 55.4 Å². The number of alkyl halides is 3. The van der Waals surface area contributed by atoms with E-state index in [-0.39, 0.29) is 30.8 Å². The van der Waals surface area contributed by atoms with E-state index >= 15 is 0 Å². The number of hydrogen-bond donors (Lipinski definition) is 3. The van der Waals surface area contributed by atoms with E-state index in [4.69, 9.17) is 4.74 Å². The zero-order valence-corrected chi connectivity index (χ0v) is 21.3. The van der Waals surface area contributed by atoms with Gasteiger partial charge < -0.3 is 30.5 Å². The first-order chi connectivity index (χ1) is 18.4. The number of carbonyl (C=O) groups is 1. The number of amides is 1. The highest BCUT2D eigenvalue weighted by molar-refractivity contribution is 5.77. The van der Waals surface area contributed by atoms with Crippen LogP contribution in [0.5, 0.6) is 0 Å². The molecule has 1 aliphatic carbocycles. The normalized spacial score (nSPS) is 18.9. The Labute approximate surface area is 220 Å². The van der Waals surface area contributed by atoms with E-state index in [9.17, 15) is 18.0 Å². The quantitative estimate of drug-likeness (QED) is 0.421. The van der Waals surface area contributed by atoms with E-state index in [0.29, 0.717) is 32.0 Å². The smallest absolute Gasteiger partial charge is 0.372 e. The number of ether oxygens (including phenoxy) is 1. The Bertz CT molecular complexity index is 1120. The number of anilines is 4. The van der Waals surface area contributed by atoms with Crippen LogP contribution in [0.3, 0.4) is 0 Å². The molecule has 3 heterocycles. The van der Waals surface area contributed by atoms with Crippen LogP contribution >= 0.6 is 0 Å². The van der Waals surface area contributed by atoms with Gasteiger partial charge in [-0.25, -0.2) is 4.98 Å². The third-order valence-corrected chi connectivity index (χ3v) is 7.07. The first kappa shape index (κ1) is 26.5. The lowest BCUT2D eigenvalue weighted by Crippen LogP contribution is -2.43. The first-order valence-corrected chi connectivity index (χ1v) is 13.3. The first-order valence-electron chi connectivity index (χ1n) is 13.3. The lowest BCUT2D eigenvalue weighted by atomic mass is 10.1. The van der Waals surface area contributed by atoms with E-state index in [1.807, 2.05) is 12.1 Å². The van der Waals surface area contributed by atoms with Crippen LogP contribution in [-0.4, -0.2) is 79.8 Å². The zero-order valence-electron chi connectivity index (χ0n) is 21.3. The van der Waals surface area contributed by atoms with Gasteiger partial charge in [-0.1, -0.05) is 0 Å². The van der Waals surface area contributed by atoms with Crippen molar-refractivity contribution in [3.63, 3.8) is 0 Å². The number of nitrogens with one attached hydrogen (secondary N) is 3. The second kappa shape index (κ2) is 11.7. The molecule has 2 aromatic rings. The summed E-state index contributed by atoms with van der Waals surface area (Å²) in [6, 6.07) is 6.20. The highest BCUT2D eigenvalue weighted by Crippen LogP contribution is 2.45. The summed E-state index contributed by atoms with van der Waals surface area (Å²) in [6.07, 6.45) is -0.368. The van der Waals surface area contributed by atoms with Crippen LogP contribution in [0.15, 0.2) is 24.4 Å². The van der Waals surface area contributed by atoms with Crippen molar-refractivity contribution >= 4 is 29.0 Å². The van der Waals surface area contributed by atoms with Crippen molar-refractivity contribution in [1.29, 1.82) is 0 Å². The van der Waals surface area contributed by atoms with Crippen LogP contribution in [0.25, 0.3) is 0 Å². The Kier molecular flexibility index (Phi) is 8.18. The summed E-state index contributed by atoms with van der Waals surface area (Å²) in [5.41, 5.74) is 2.20. The van der Waals surface area contributed by atoms with Crippen LogP contribution in [-0.2, 0) is 15.7 Å². The molecule has 2 aliphatic heterocycles. The molecule has 1 aromatic carbocycles. The third kappa shape index (κ3) is 6.65. The molecule has 5 rings (SSSR count). The van der Waals surface area contributed by atoms with Crippen LogP contribution < -0.4 is 20.9 Å². The van der Waals surface area contributed by atoms with Crippen molar-refractivity contribution in [2.45, 2.75) is 37.8 Å². The average Bonchev–Trinajstić information content (AvgIpc) is 3.76. The number of nitrogens with zero attached hydrogens (tertiary/aromatic N) is 4. The fourth-order valence-electron chi connectivity index (χ4n) is 4.87. The molecule has 1 saturated carbocycles. The maximum absolute atomic E-state index is 13.7. The predicted octanol–water partition coefficient (Wildman–Crippen LogP) is 3.58. The van der Waals surface area contributed by atoms with Gasteiger partial charge >= 0.3 is 6.18 Å². The summed E-state index contributed by atoms with van der Waals surface area (Å²) in [6.45, 7) is 5.60. The molecule has 0 bridgehead atoms. The van der Waals surface area contributed by atoms with Crippen molar-refractivity contribution in [3.8, 4) is 0 Å². The molecule has 3 N–H and O–H groups in total. The van der Waals surface area contributed by atoms with Crippen LogP contribution in [0.2, 0.25) is 0 Å². The summed E-state index contributed by atoms with van der Waals surface area (Å²) in [5, 5.41) is 9.35. The molecule has 0 atom stereocenters. The number of halogens is 3. The Morgan fingerprint density at radius 1 is 1.16 bits per heavy atom. The van der Waals surface area contributed by atoms with Crippen molar-refractivity contribution in [2.75, 3.05) is 74.6 Å². The minimum Gasteiger partial charge on any atom is -0.372 e. The second-order valence-corrected chi connectivity index (χ2v) is 9.93. The van der Waals surface area contributed by atoms with Crippen LogP contribution in [0, 0.1) is 0 Å². The maximum Gasteiger partial charge on any atom is 0.421 e. The zero-order chi connectivity index (χ0) is 26.5. The number of rotatable bonds is 9. The van der Waals surface area contributed by atoms with Gasteiger partial charge in [-0.3, -0.25) is 4.79 Å². The third-order valence-electron chi connectivity index (χ3n) is 7.07. The van der Waals surface area contributed by atoms with Crippen molar-refractivity contribution < 1.29 is 22.7 Å². The van der Waals surface area contributed by atoms with Crippen molar-refractivity contribution in [3.05, 3.63) is 35.5 Å². The predicted molar refractivity (Wildman–Crippen MR) is 139 cm³/mol. The van der Waals surface area contributed by atoms with E-state index in [1.54, 1.807) is 4.90 Å². The number of carbonyl (C=O) groups excluding carboxylic acids is 1. The molecule has 3 aliphatic rings. The number of benzene rings is 1. The summed E-state index contributed by atoms with van der Waals surface area (Å²) in [4.78, 5) is 24.3. The molecule has 0 radical (unpaired) electrons. The molecular weight excluding hydrogens is 499 g/mol. The SMILES string of the molecule is O=C1COCCCN1CCCNc1nc(Nc2ccc(N3CCNCC3)cc2C2CC2)ncc1C(F)(F)F. The maximum atomic E-state index is 13.7. The standard InChI is InChI=1S/C26H34F3N7O2/c27-26(28,29)21-16-32-25(34-24(21)31-7-1-10-36-11-2-14-38-17-23(36)37)33-22-6-5-19(15-20(22)18-3-4-18)35-12-8-30-9-13-35/h5-6,15-16,18,30H,1-4,7-14,17H2,(H2,31,32,33,34). The summed E-state index contributed by atoms with van der Waals surface area (Å²) in [7, 11) is 0. The van der Waals surface area contributed by atoms with Gasteiger partial charge in [-0.2, -0.15) is 18.2 Å². The lowest BCUT2D eigenvalue weighted by Gasteiger charge is -2.30. The Hall–Kier alpha value is -3.12. The molecule has 0 unspecified atom stereocenters. The summed E-state index contributed by atoms with van der Waals surface area (Å²) in [5.74, 6) is 0.170. The van der Waals surface area contributed by atoms with Gasteiger partial charge in [0.05, 0.1) is 0 Å². The number of aromatic nitrogens is 2. The Morgan fingerprint density at radius 3 is 2.74 bits per heavy atom.